The third-order valence-electron chi connectivity index (χ3n) is 2.26. The summed E-state index contributed by atoms with van der Waals surface area (Å²) in [5, 5.41) is 9.82. The fourth-order valence-electron chi connectivity index (χ4n) is 1.36. The third kappa shape index (κ3) is 2.29. The van der Waals surface area contributed by atoms with Gasteiger partial charge in [-0.2, -0.15) is 0 Å². The number of phenolic OH excluding ortho intramolecular Hbond substituents is 1. The van der Waals surface area contributed by atoms with Crippen molar-refractivity contribution in [3.8, 4) is 17.2 Å². The van der Waals surface area contributed by atoms with Crippen LogP contribution in [0.1, 0.15) is 5.56 Å². The zero-order valence-corrected chi connectivity index (χ0v) is 10.9. The second-order valence-corrected chi connectivity index (χ2v) is 4.62. The zero-order chi connectivity index (χ0) is 11.5. The molecule has 82 valence electrons. The molecular formula is C13H11IO2. The first-order chi connectivity index (χ1) is 7.68. The molecule has 2 aromatic rings. The molecule has 0 atom stereocenters. The molecule has 3 heteroatoms. The Hall–Kier alpha value is -1.23. The highest BCUT2D eigenvalue weighted by molar-refractivity contribution is 14.1. The molecule has 0 aromatic heterocycles. The molecule has 0 heterocycles. The molecule has 0 saturated heterocycles. The Bertz CT molecular complexity index is 509. The van der Waals surface area contributed by atoms with Crippen molar-refractivity contribution in [3.63, 3.8) is 0 Å². The van der Waals surface area contributed by atoms with E-state index in [2.05, 4.69) is 22.6 Å². The molecule has 16 heavy (non-hydrogen) atoms. The summed E-state index contributed by atoms with van der Waals surface area (Å²) in [6, 6.07) is 13.2. The minimum atomic E-state index is 0.196. The van der Waals surface area contributed by atoms with Gasteiger partial charge in [0, 0.05) is 0 Å². The van der Waals surface area contributed by atoms with Gasteiger partial charge in [-0.25, -0.2) is 0 Å². The van der Waals surface area contributed by atoms with Crippen molar-refractivity contribution in [2.24, 2.45) is 0 Å². The second kappa shape index (κ2) is 4.74. The Kier molecular flexibility index (Phi) is 3.33. The number of hydrogen-bond acceptors (Lipinski definition) is 2. The minimum absolute atomic E-state index is 0.196. The van der Waals surface area contributed by atoms with Crippen molar-refractivity contribution in [3.05, 3.63) is 51.6 Å². The van der Waals surface area contributed by atoms with E-state index in [9.17, 15) is 5.11 Å². The van der Waals surface area contributed by atoms with Gasteiger partial charge in [0.05, 0.1) is 3.57 Å². The van der Waals surface area contributed by atoms with Crippen molar-refractivity contribution >= 4 is 22.6 Å². The first kappa shape index (κ1) is 11.3. The van der Waals surface area contributed by atoms with Crippen molar-refractivity contribution < 1.29 is 9.84 Å². The number of phenols is 1. The maximum atomic E-state index is 9.82. The highest BCUT2D eigenvalue weighted by Gasteiger charge is 2.07. The molecule has 2 aromatic carbocycles. The Morgan fingerprint density at radius 1 is 1.00 bits per heavy atom. The summed E-state index contributed by atoms with van der Waals surface area (Å²) in [5.74, 6) is 1.44. The van der Waals surface area contributed by atoms with E-state index in [1.165, 1.54) is 0 Å². The summed E-state index contributed by atoms with van der Waals surface area (Å²) < 4.78 is 6.68. The fourth-order valence-corrected chi connectivity index (χ4v) is 1.86. The van der Waals surface area contributed by atoms with Crippen LogP contribution in [0.3, 0.4) is 0 Å². The van der Waals surface area contributed by atoms with Crippen LogP contribution in [0.4, 0.5) is 0 Å². The SMILES string of the molecule is Cc1cccc(Oc2ccccc2I)c1O. The highest BCUT2D eigenvalue weighted by atomic mass is 127. The van der Waals surface area contributed by atoms with Gasteiger partial charge in [-0.05, 0) is 53.3 Å². The van der Waals surface area contributed by atoms with Gasteiger partial charge in [0.15, 0.2) is 11.5 Å². The molecule has 0 aliphatic heterocycles. The number of ether oxygens (including phenoxy) is 1. The van der Waals surface area contributed by atoms with Crippen LogP contribution < -0.4 is 4.74 Å². The lowest BCUT2D eigenvalue weighted by Crippen LogP contribution is -1.88. The molecule has 0 spiro atoms. The Labute approximate surface area is 108 Å². The predicted molar refractivity (Wildman–Crippen MR) is 72.1 cm³/mol. The van der Waals surface area contributed by atoms with E-state index in [-0.39, 0.29) is 5.75 Å². The molecule has 0 aliphatic rings. The number of para-hydroxylation sites is 2. The van der Waals surface area contributed by atoms with Crippen molar-refractivity contribution in [2.45, 2.75) is 6.92 Å². The average molecular weight is 326 g/mol. The third-order valence-corrected chi connectivity index (χ3v) is 3.15. The fraction of sp³-hybridized carbons (Fsp3) is 0.0769. The van der Waals surface area contributed by atoms with Gasteiger partial charge < -0.3 is 9.84 Å². The van der Waals surface area contributed by atoms with Crippen LogP contribution in [0.25, 0.3) is 0 Å². The van der Waals surface area contributed by atoms with Crippen LogP contribution in [0.5, 0.6) is 17.2 Å². The van der Waals surface area contributed by atoms with Gasteiger partial charge in [0.2, 0.25) is 0 Å². The van der Waals surface area contributed by atoms with Crippen LogP contribution in [0.15, 0.2) is 42.5 Å². The lowest BCUT2D eigenvalue weighted by atomic mass is 10.2. The number of rotatable bonds is 2. The average Bonchev–Trinajstić information content (AvgIpc) is 2.28. The topological polar surface area (TPSA) is 29.5 Å². The lowest BCUT2D eigenvalue weighted by molar-refractivity contribution is 0.407. The summed E-state index contributed by atoms with van der Waals surface area (Å²) in [7, 11) is 0. The monoisotopic (exact) mass is 326 g/mol. The first-order valence-electron chi connectivity index (χ1n) is 4.89. The van der Waals surface area contributed by atoms with Crippen LogP contribution in [0.2, 0.25) is 0 Å². The van der Waals surface area contributed by atoms with Crippen LogP contribution in [0, 0.1) is 10.5 Å². The van der Waals surface area contributed by atoms with Gasteiger partial charge in [-0.15, -0.1) is 0 Å². The molecule has 0 aliphatic carbocycles. The first-order valence-corrected chi connectivity index (χ1v) is 5.97. The molecule has 0 saturated carbocycles. The summed E-state index contributed by atoms with van der Waals surface area (Å²) in [5.41, 5.74) is 0.809. The number of hydrogen-bond donors (Lipinski definition) is 1. The molecule has 2 rings (SSSR count). The number of benzene rings is 2. The maximum Gasteiger partial charge on any atom is 0.169 e. The minimum Gasteiger partial charge on any atom is -0.504 e. The molecule has 0 amide bonds. The zero-order valence-electron chi connectivity index (χ0n) is 8.77. The van der Waals surface area contributed by atoms with Crippen LogP contribution >= 0.6 is 22.6 Å². The largest absolute Gasteiger partial charge is 0.504 e. The number of halogens is 1. The highest BCUT2D eigenvalue weighted by Crippen LogP contribution is 2.34. The van der Waals surface area contributed by atoms with Gasteiger partial charge in [0.1, 0.15) is 5.75 Å². The smallest absolute Gasteiger partial charge is 0.169 e. The lowest BCUT2D eigenvalue weighted by Gasteiger charge is -2.10. The molecule has 0 radical (unpaired) electrons. The summed E-state index contributed by atoms with van der Waals surface area (Å²) in [6.07, 6.45) is 0. The van der Waals surface area contributed by atoms with Crippen LogP contribution in [-0.2, 0) is 0 Å². The number of aryl methyl sites for hydroxylation is 1. The Balaban J connectivity index is 2.35. The molecule has 0 unspecified atom stereocenters. The molecule has 1 N–H and O–H groups in total. The van der Waals surface area contributed by atoms with E-state index in [4.69, 9.17) is 4.74 Å². The molecule has 0 bridgehead atoms. The second-order valence-electron chi connectivity index (χ2n) is 3.45. The summed E-state index contributed by atoms with van der Waals surface area (Å²) in [6.45, 7) is 1.85. The van der Waals surface area contributed by atoms with E-state index in [0.29, 0.717) is 5.75 Å². The predicted octanol–water partition coefficient (Wildman–Crippen LogP) is 4.10. The maximum absolute atomic E-state index is 9.82. The standard InChI is InChI=1S/C13H11IO2/c1-9-5-4-8-12(13(9)15)16-11-7-3-2-6-10(11)14/h2-8,15H,1H3. The normalized spacial score (nSPS) is 10.1. The molecular weight excluding hydrogens is 315 g/mol. The quantitative estimate of drug-likeness (QED) is 0.842. The Morgan fingerprint density at radius 2 is 1.69 bits per heavy atom. The van der Waals surface area contributed by atoms with Crippen molar-refractivity contribution in [1.82, 2.24) is 0 Å². The summed E-state index contributed by atoms with van der Waals surface area (Å²) in [4.78, 5) is 0. The van der Waals surface area contributed by atoms with E-state index < -0.39 is 0 Å². The van der Waals surface area contributed by atoms with E-state index >= 15 is 0 Å². The molecule has 2 nitrogen and oxygen atoms in total. The van der Waals surface area contributed by atoms with Gasteiger partial charge >= 0.3 is 0 Å². The summed E-state index contributed by atoms with van der Waals surface area (Å²) >= 11 is 2.20. The van der Waals surface area contributed by atoms with Crippen molar-refractivity contribution in [2.75, 3.05) is 0 Å². The van der Waals surface area contributed by atoms with Gasteiger partial charge in [-0.3, -0.25) is 0 Å². The van der Waals surface area contributed by atoms with E-state index in [0.717, 1.165) is 14.9 Å². The van der Waals surface area contributed by atoms with Crippen molar-refractivity contribution in [1.29, 1.82) is 0 Å². The van der Waals surface area contributed by atoms with Crippen LogP contribution in [-0.4, -0.2) is 5.11 Å². The number of aromatic hydroxyl groups is 1. The Morgan fingerprint density at radius 3 is 2.44 bits per heavy atom. The van der Waals surface area contributed by atoms with E-state index in [1.54, 1.807) is 6.07 Å². The van der Waals surface area contributed by atoms with Gasteiger partial charge in [-0.1, -0.05) is 24.3 Å². The van der Waals surface area contributed by atoms with E-state index in [1.807, 2.05) is 43.3 Å². The molecule has 0 fully saturated rings. The van der Waals surface area contributed by atoms with Gasteiger partial charge in [0.25, 0.3) is 0 Å².